The number of hydrogen-bond donors (Lipinski definition) is 1. The van der Waals surface area contributed by atoms with Crippen LogP contribution < -0.4 is 9.61 Å². The first kappa shape index (κ1) is 30.7. The number of para-hydroxylation sites is 1. The lowest BCUT2D eigenvalue weighted by Crippen LogP contribution is -2.28. The lowest BCUT2D eigenvalue weighted by atomic mass is 10.1. The molecule has 3 aromatic rings. The van der Waals surface area contributed by atoms with Gasteiger partial charge >= 0.3 is 13.7 Å². The number of carbonyl (C=O) groups is 1. The highest BCUT2D eigenvalue weighted by molar-refractivity contribution is 7.52. The molecule has 4 rings (SSSR count). The van der Waals surface area contributed by atoms with Crippen LogP contribution in [0.25, 0.3) is 11.2 Å². The minimum Gasteiger partial charge on any atom is -0.464 e. The van der Waals surface area contributed by atoms with Gasteiger partial charge in [0, 0.05) is 0 Å². The number of imidazole rings is 1. The number of nitrogens with one attached hydrogen (secondary N) is 1. The molecule has 1 fully saturated rings. The normalized spacial score (nSPS) is 18.4. The molecule has 2 aromatic heterocycles. The second-order valence-corrected chi connectivity index (χ2v) is 10.7. The van der Waals surface area contributed by atoms with Crippen molar-refractivity contribution in [2.45, 2.75) is 72.6 Å². The standard InChI is InChI=1S/C25H34N5O6P.C2H6/c1-4-19(5-2)14-33-23(31)13-29-37(32,36-20-9-7-6-8-10-20)34-15-21-11-12-22(35-21)30-17-28-24-18(3)26-16-27-25(24)30;1-2/h6-10,16-17,19,21-22H,4-5,11-15H2,1-3H3,(H,29,32);1-2H3. The van der Waals surface area contributed by atoms with E-state index in [1.165, 1.54) is 6.33 Å². The molecule has 0 saturated carbocycles. The van der Waals surface area contributed by atoms with Gasteiger partial charge in [-0.05, 0) is 37.8 Å². The SMILES string of the molecule is CC.CCC(CC)COC(=O)CNP(=O)(OCC1CCC(n2cnc3c(C)ncnc32)O1)Oc1ccccc1. The number of aromatic nitrogens is 4. The molecule has 0 aliphatic carbocycles. The summed E-state index contributed by atoms with van der Waals surface area (Å²) in [6.45, 7) is 10.0. The molecule has 1 aliphatic rings. The third-order valence-corrected chi connectivity index (χ3v) is 7.87. The lowest BCUT2D eigenvalue weighted by molar-refractivity contribution is -0.143. The Morgan fingerprint density at radius 2 is 1.90 bits per heavy atom. The summed E-state index contributed by atoms with van der Waals surface area (Å²) in [5.41, 5.74) is 2.22. The van der Waals surface area contributed by atoms with Gasteiger partial charge in [0.15, 0.2) is 5.65 Å². The Balaban J connectivity index is 0.00000205. The summed E-state index contributed by atoms with van der Waals surface area (Å²) in [4.78, 5) is 25.2. The number of fused-ring (bicyclic) bond motifs is 1. The van der Waals surface area contributed by atoms with Crippen molar-refractivity contribution in [1.82, 2.24) is 24.6 Å². The topological polar surface area (TPSA) is 127 Å². The molecule has 1 aliphatic heterocycles. The van der Waals surface area contributed by atoms with Gasteiger partial charge in [-0.2, -0.15) is 0 Å². The van der Waals surface area contributed by atoms with Crippen molar-refractivity contribution in [2.24, 2.45) is 5.92 Å². The Hall–Kier alpha value is -2.85. The van der Waals surface area contributed by atoms with Gasteiger partial charge in [0.05, 0.1) is 31.3 Å². The fourth-order valence-electron chi connectivity index (χ4n) is 4.05. The van der Waals surface area contributed by atoms with Crippen molar-refractivity contribution >= 4 is 24.9 Å². The van der Waals surface area contributed by atoms with E-state index in [1.807, 2.05) is 31.4 Å². The van der Waals surface area contributed by atoms with E-state index in [-0.39, 0.29) is 25.5 Å². The van der Waals surface area contributed by atoms with E-state index >= 15 is 0 Å². The minimum atomic E-state index is -3.90. The summed E-state index contributed by atoms with van der Waals surface area (Å²) >= 11 is 0. The molecular weight excluding hydrogens is 521 g/mol. The Morgan fingerprint density at radius 3 is 2.62 bits per heavy atom. The quantitative estimate of drug-likeness (QED) is 0.208. The van der Waals surface area contributed by atoms with Crippen LogP contribution in [0.2, 0.25) is 0 Å². The van der Waals surface area contributed by atoms with Gasteiger partial charge in [-0.25, -0.2) is 24.6 Å². The highest BCUT2D eigenvalue weighted by Crippen LogP contribution is 2.45. The molecule has 1 N–H and O–H groups in total. The number of nitrogens with zero attached hydrogens (tertiary/aromatic N) is 4. The molecule has 0 bridgehead atoms. The molecule has 3 heterocycles. The molecule has 11 nitrogen and oxygen atoms in total. The number of benzene rings is 1. The van der Waals surface area contributed by atoms with Crippen molar-refractivity contribution in [1.29, 1.82) is 0 Å². The Kier molecular flexibility index (Phi) is 11.9. The third kappa shape index (κ3) is 8.57. The first-order valence-corrected chi connectivity index (χ1v) is 15.1. The Morgan fingerprint density at radius 1 is 1.15 bits per heavy atom. The van der Waals surface area contributed by atoms with Crippen molar-refractivity contribution in [3.63, 3.8) is 0 Å². The first-order chi connectivity index (χ1) is 18.9. The second-order valence-electron chi connectivity index (χ2n) is 8.97. The van der Waals surface area contributed by atoms with E-state index in [9.17, 15) is 9.36 Å². The van der Waals surface area contributed by atoms with Gasteiger partial charge in [-0.1, -0.05) is 58.7 Å². The van der Waals surface area contributed by atoms with Gasteiger partial charge in [0.25, 0.3) is 0 Å². The molecule has 1 aromatic carbocycles. The fraction of sp³-hybridized carbons (Fsp3) is 0.556. The van der Waals surface area contributed by atoms with Gasteiger partial charge in [-0.3, -0.25) is 13.9 Å². The van der Waals surface area contributed by atoms with E-state index < -0.39 is 13.7 Å². The highest BCUT2D eigenvalue weighted by atomic mass is 31.2. The molecule has 0 spiro atoms. The van der Waals surface area contributed by atoms with E-state index in [1.54, 1.807) is 30.6 Å². The summed E-state index contributed by atoms with van der Waals surface area (Å²) in [7, 11) is -3.90. The van der Waals surface area contributed by atoms with Crippen LogP contribution >= 0.6 is 7.75 Å². The number of ether oxygens (including phenoxy) is 2. The van der Waals surface area contributed by atoms with Crippen LogP contribution in [0.3, 0.4) is 0 Å². The van der Waals surface area contributed by atoms with Crippen LogP contribution in [-0.2, 0) is 23.4 Å². The third-order valence-electron chi connectivity index (χ3n) is 6.39. The van der Waals surface area contributed by atoms with Gasteiger partial charge < -0.3 is 14.0 Å². The average Bonchev–Trinajstić information content (AvgIpc) is 3.61. The maximum Gasteiger partial charge on any atom is 0.459 e. The zero-order valence-corrected chi connectivity index (χ0v) is 24.3. The monoisotopic (exact) mass is 561 g/mol. The predicted molar refractivity (Wildman–Crippen MR) is 148 cm³/mol. The maximum atomic E-state index is 13.6. The summed E-state index contributed by atoms with van der Waals surface area (Å²) < 4.78 is 38.3. The molecule has 3 atom stereocenters. The summed E-state index contributed by atoms with van der Waals surface area (Å²) in [6, 6.07) is 8.67. The van der Waals surface area contributed by atoms with Crippen molar-refractivity contribution in [3.05, 3.63) is 48.7 Å². The largest absolute Gasteiger partial charge is 0.464 e. The predicted octanol–water partition coefficient (Wildman–Crippen LogP) is 5.61. The summed E-state index contributed by atoms with van der Waals surface area (Å²) in [6.07, 6.45) is 5.80. The average molecular weight is 562 g/mol. The Bertz CT molecular complexity index is 1220. The maximum absolute atomic E-state index is 13.6. The zero-order chi connectivity index (χ0) is 28.3. The molecular formula is C27H40N5O6P. The van der Waals surface area contributed by atoms with Crippen LogP contribution in [-0.4, -0.2) is 51.4 Å². The number of carbonyl (C=O) groups excluding carboxylic acids is 1. The van der Waals surface area contributed by atoms with E-state index in [0.29, 0.717) is 36.8 Å². The Labute approximate surface area is 230 Å². The lowest BCUT2D eigenvalue weighted by Gasteiger charge is -2.22. The van der Waals surface area contributed by atoms with Gasteiger partial charge in [-0.15, -0.1) is 0 Å². The van der Waals surface area contributed by atoms with Gasteiger partial charge in [0.1, 0.15) is 30.4 Å². The highest BCUT2D eigenvalue weighted by Gasteiger charge is 2.33. The second kappa shape index (κ2) is 15.1. The number of aryl methyl sites for hydroxylation is 1. The number of hydrogen-bond acceptors (Lipinski definition) is 9. The minimum absolute atomic E-state index is 0.0110. The van der Waals surface area contributed by atoms with Gasteiger partial charge in [0.2, 0.25) is 0 Å². The van der Waals surface area contributed by atoms with Crippen LogP contribution in [0.15, 0.2) is 43.0 Å². The number of rotatable bonds is 13. The van der Waals surface area contributed by atoms with Crippen LogP contribution in [0.4, 0.5) is 0 Å². The zero-order valence-electron chi connectivity index (χ0n) is 23.4. The van der Waals surface area contributed by atoms with Crippen molar-refractivity contribution in [3.8, 4) is 5.75 Å². The summed E-state index contributed by atoms with van der Waals surface area (Å²) in [5, 5.41) is 2.65. The van der Waals surface area contributed by atoms with Crippen LogP contribution in [0.5, 0.6) is 5.75 Å². The van der Waals surface area contributed by atoms with Crippen molar-refractivity contribution < 1.29 is 27.9 Å². The van der Waals surface area contributed by atoms with E-state index in [0.717, 1.165) is 24.1 Å². The van der Waals surface area contributed by atoms with E-state index in [2.05, 4.69) is 33.9 Å². The van der Waals surface area contributed by atoms with E-state index in [4.69, 9.17) is 18.5 Å². The van der Waals surface area contributed by atoms with Crippen LogP contribution in [0, 0.1) is 12.8 Å². The smallest absolute Gasteiger partial charge is 0.459 e. The molecule has 0 radical (unpaired) electrons. The fourth-order valence-corrected chi connectivity index (χ4v) is 5.34. The van der Waals surface area contributed by atoms with Crippen molar-refractivity contribution in [2.75, 3.05) is 19.8 Å². The molecule has 1 saturated heterocycles. The number of esters is 1. The molecule has 12 heteroatoms. The molecule has 214 valence electrons. The van der Waals surface area contributed by atoms with Crippen LogP contribution in [0.1, 0.15) is 65.3 Å². The first-order valence-electron chi connectivity index (χ1n) is 13.6. The summed E-state index contributed by atoms with van der Waals surface area (Å²) in [5.74, 6) is 0.130. The molecule has 3 unspecified atom stereocenters. The molecule has 0 amide bonds. The molecule has 39 heavy (non-hydrogen) atoms.